The zero-order chi connectivity index (χ0) is 28.9. The van der Waals surface area contributed by atoms with Crippen LogP contribution < -0.4 is 0 Å². The van der Waals surface area contributed by atoms with Crippen molar-refractivity contribution >= 4 is 16.6 Å². The molecule has 2 aromatic carbocycles. The summed E-state index contributed by atoms with van der Waals surface area (Å²) in [6.45, 7) is 10.5. The summed E-state index contributed by atoms with van der Waals surface area (Å²) in [6.07, 6.45) is -14.7. The average molecular weight is 560 g/mol. The standard InChI is InChI=1S/C25H17F9N4O/c1-12(2)6-16-10-17-19(5-4-18(35-3)21(17)25(32,33)34)38(16)11-20-36-22(39-37-20)13-7-14(23(26,27)28)9-15(8-13)24(29,30)31/h4-5,7-10,12H,6,11H2,1-2H3. The third kappa shape index (κ3) is 5.71. The van der Waals surface area contributed by atoms with Gasteiger partial charge in [0.25, 0.3) is 5.89 Å². The van der Waals surface area contributed by atoms with Gasteiger partial charge in [0, 0.05) is 22.2 Å². The Bertz CT molecular complexity index is 1540. The number of hydrogen-bond donors (Lipinski definition) is 0. The van der Waals surface area contributed by atoms with Gasteiger partial charge in [0.2, 0.25) is 0 Å². The summed E-state index contributed by atoms with van der Waals surface area (Å²) in [5.74, 6) is -0.828. The van der Waals surface area contributed by atoms with Gasteiger partial charge in [0.1, 0.15) is 0 Å². The summed E-state index contributed by atoms with van der Waals surface area (Å²) in [5.41, 5.74) is -4.95. The fraction of sp³-hybridized carbons (Fsp3) is 0.320. The molecule has 0 saturated carbocycles. The lowest BCUT2D eigenvalue weighted by Crippen LogP contribution is -2.11. The highest BCUT2D eigenvalue weighted by atomic mass is 19.4. The van der Waals surface area contributed by atoms with Gasteiger partial charge in [-0.2, -0.15) is 44.5 Å². The van der Waals surface area contributed by atoms with Crippen LogP contribution in [0.15, 0.2) is 40.9 Å². The Morgan fingerprint density at radius 1 is 0.897 bits per heavy atom. The van der Waals surface area contributed by atoms with Crippen molar-refractivity contribution < 1.29 is 44.0 Å². The Kier molecular flexibility index (Phi) is 6.91. The monoisotopic (exact) mass is 560 g/mol. The fourth-order valence-electron chi connectivity index (χ4n) is 4.20. The average Bonchev–Trinajstić information content (AvgIpc) is 3.41. The van der Waals surface area contributed by atoms with Crippen LogP contribution in [-0.2, 0) is 31.5 Å². The van der Waals surface area contributed by atoms with E-state index in [9.17, 15) is 39.5 Å². The van der Waals surface area contributed by atoms with Crippen molar-refractivity contribution in [2.45, 2.75) is 45.3 Å². The molecule has 0 radical (unpaired) electrons. The molecule has 0 amide bonds. The van der Waals surface area contributed by atoms with Gasteiger partial charge in [0.05, 0.1) is 29.8 Å². The van der Waals surface area contributed by atoms with Crippen molar-refractivity contribution in [2.75, 3.05) is 0 Å². The number of benzene rings is 2. The molecule has 0 aliphatic heterocycles. The van der Waals surface area contributed by atoms with E-state index < -0.39 is 52.4 Å². The minimum Gasteiger partial charge on any atom is -0.337 e. The van der Waals surface area contributed by atoms with Crippen molar-refractivity contribution in [1.29, 1.82) is 0 Å². The van der Waals surface area contributed by atoms with Crippen LogP contribution in [0, 0.1) is 12.5 Å². The molecule has 0 bridgehead atoms. The first-order valence-corrected chi connectivity index (χ1v) is 11.2. The molecule has 4 rings (SSSR count). The minimum atomic E-state index is -5.09. The van der Waals surface area contributed by atoms with Crippen LogP contribution in [0.1, 0.15) is 42.1 Å². The molecule has 0 aliphatic rings. The third-order valence-electron chi connectivity index (χ3n) is 5.77. The number of rotatable bonds is 5. The normalized spacial score (nSPS) is 12.9. The van der Waals surface area contributed by atoms with Crippen molar-refractivity contribution in [1.82, 2.24) is 14.7 Å². The predicted octanol–water partition coefficient (Wildman–Crippen LogP) is 8.55. The van der Waals surface area contributed by atoms with Crippen LogP contribution in [0.25, 0.3) is 27.2 Å². The Morgan fingerprint density at radius 2 is 1.51 bits per heavy atom. The molecule has 39 heavy (non-hydrogen) atoms. The number of hydrogen-bond acceptors (Lipinski definition) is 3. The van der Waals surface area contributed by atoms with E-state index in [1.165, 1.54) is 16.7 Å². The van der Waals surface area contributed by atoms with Gasteiger partial charge in [-0.3, -0.25) is 0 Å². The number of alkyl halides is 9. The molecule has 0 saturated heterocycles. The number of nitrogens with zero attached hydrogens (tertiary/aromatic N) is 4. The first kappa shape index (κ1) is 28.0. The van der Waals surface area contributed by atoms with Crippen LogP contribution in [0.4, 0.5) is 45.2 Å². The molecule has 2 heterocycles. The molecule has 0 unspecified atom stereocenters. The lowest BCUT2D eigenvalue weighted by atomic mass is 10.0. The molecule has 0 spiro atoms. The highest BCUT2D eigenvalue weighted by Gasteiger charge is 2.38. The summed E-state index contributed by atoms with van der Waals surface area (Å²) >= 11 is 0. The van der Waals surface area contributed by atoms with Gasteiger partial charge in [-0.15, -0.1) is 0 Å². The highest BCUT2D eigenvalue weighted by Crippen LogP contribution is 2.43. The van der Waals surface area contributed by atoms with Crippen LogP contribution in [0.2, 0.25) is 0 Å². The maximum absolute atomic E-state index is 13.9. The fourth-order valence-corrected chi connectivity index (χ4v) is 4.20. The van der Waals surface area contributed by atoms with E-state index in [1.807, 2.05) is 13.8 Å². The second-order valence-corrected chi connectivity index (χ2v) is 9.13. The van der Waals surface area contributed by atoms with E-state index in [2.05, 4.69) is 15.0 Å². The molecule has 2 aromatic heterocycles. The van der Waals surface area contributed by atoms with Gasteiger partial charge in [-0.05, 0) is 42.7 Å². The second kappa shape index (κ2) is 9.62. The third-order valence-corrected chi connectivity index (χ3v) is 5.77. The Hall–Kier alpha value is -4.02. The number of aromatic nitrogens is 3. The maximum atomic E-state index is 13.9. The van der Waals surface area contributed by atoms with E-state index in [0.29, 0.717) is 24.2 Å². The SMILES string of the molecule is [C-]#[N+]c1ccc2c(cc(CC(C)C)n2Cc2noc(-c3cc(C(F)(F)F)cc(C(F)(F)F)c3)n2)c1C(F)(F)F. The molecule has 4 aromatic rings. The van der Waals surface area contributed by atoms with Crippen LogP contribution in [0.5, 0.6) is 0 Å². The Balaban J connectivity index is 1.82. The molecule has 5 nitrogen and oxygen atoms in total. The van der Waals surface area contributed by atoms with E-state index in [1.54, 1.807) is 0 Å². The molecule has 0 N–H and O–H groups in total. The van der Waals surface area contributed by atoms with E-state index >= 15 is 0 Å². The highest BCUT2D eigenvalue weighted by molar-refractivity contribution is 5.90. The first-order chi connectivity index (χ1) is 18.0. The van der Waals surface area contributed by atoms with Crippen molar-refractivity contribution in [3.05, 3.63) is 76.0 Å². The first-order valence-electron chi connectivity index (χ1n) is 11.2. The van der Waals surface area contributed by atoms with Gasteiger partial charge in [-0.25, -0.2) is 4.85 Å². The summed E-state index contributed by atoms with van der Waals surface area (Å²) in [7, 11) is 0. The second-order valence-electron chi connectivity index (χ2n) is 9.13. The van der Waals surface area contributed by atoms with Crippen molar-refractivity contribution in [3.8, 4) is 11.5 Å². The molecule has 0 aliphatic carbocycles. The van der Waals surface area contributed by atoms with Crippen LogP contribution in [-0.4, -0.2) is 14.7 Å². The molecular formula is C25H17F9N4O. The predicted molar refractivity (Wildman–Crippen MR) is 121 cm³/mol. The summed E-state index contributed by atoms with van der Waals surface area (Å²) in [4.78, 5) is 6.91. The van der Waals surface area contributed by atoms with Crippen LogP contribution in [0.3, 0.4) is 0 Å². The maximum Gasteiger partial charge on any atom is 0.416 e. The summed E-state index contributed by atoms with van der Waals surface area (Å²) in [6, 6.07) is 4.48. The molecule has 0 atom stereocenters. The Labute approximate surface area is 214 Å². The zero-order valence-electron chi connectivity index (χ0n) is 20.1. The van der Waals surface area contributed by atoms with Crippen LogP contribution >= 0.6 is 0 Å². The van der Waals surface area contributed by atoms with Gasteiger partial charge >= 0.3 is 18.5 Å². The lowest BCUT2D eigenvalue weighted by molar-refractivity contribution is -0.143. The van der Waals surface area contributed by atoms with Gasteiger partial charge < -0.3 is 9.09 Å². The zero-order valence-corrected chi connectivity index (χ0v) is 20.1. The van der Waals surface area contributed by atoms with E-state index in [0.717, 1.165) is 6.07 Å². The number of halogens is 9. The Morgan fingerprint density at radius 3 is 2.03 bits per heavy atom. The molecular weight excluding hydrogens is 543 g/mol. The summed E-state index contributed by atoms with van der Waals surface area (Å²) < 4.78 is 127. The van der Waals surface area contributed by atoms with E-state index in [4.69, 9.17) is 11.1 Å². The quantitative estimate of drug-likeness (QED) is 0.182. The van der Waals surface area contributed by atoms with Crippen molar-refractivity contribution in [2.24, 2.45) is 5.92 Å². The largest absolute Gasteiger partial charge is 0.416 e. The molecule has 14 heteroatoms. The van der Waals surface area contributed by atoms with Gasteiger partial charge in [-0.1, -0.05) is 25.1 Å². The minimum absolute atomic E-state index is 0.00513. The molecule has 0 fully saturated rings. The summed E-state index contributed by atoms with van der Waals surface area (Å²) in [5, 5.41) is 3.41. The lowest BCUT2D eigenvalue weighted by Gasteiger charge is -2.13. The van der Waals surface area contributed by atoms with E-state index in [-0.39, 0.29) is 35.3 Å². The molecule has 206 valence electrons. The number of fused-ring (bicyclic) bond motifs is 1. The van der Waals surface area contributed by atoms with Crippen molar-refractivity contribution in [3.63, 3.8) is 0 Å². The van der Waals surface area contributed by atoms with Gasteiger partial charge in [0.15, 0.2) is 11.5 Å². The smallest absolute Gasteiger partial charge is 0.337 e. The topological polar surface area (TPSA) is 48.2 Å².